The molecule has 1 rings (SSSR count). The summed E-state index contributed by atoms with van der Waals surface area (Å²) in [6, 6.07) is 7.33. The molecule has 2 N–H and O–H groups in total. The Bertz CT molecular complexity index is 328. The molecule has 0 heterocycles. The van der Waals surface area contributed by atoms with E-state index >= 15 is 0 Å². The SMILES string of the molecule is Cc1ccc(C(/C=N/O)=N\O)cc1. The Balaban J connectivity index is 3.00. The standard InChI is InChI=1S/C9H10N2O2/c1-7-2-4-8(5-3-7)9(11-13)6-10-12/h2-6,12-13H,1H3/b10-6+,11-9-. The Morgan fingerprint density at radius 1 is 1.23 bits per heavy atom. The molecule has 0 aliphatic carbocycles. The normalized spacial score (nSPS) is 12.2. The molecule has 1 aromatic carbocycles. The second kappa shape index (κ2) is 4.25. The van der Waals surface area contributed by atoms with E-state index in [1.807, 2.05) is 19.1 Å². The fraction of sp³-hybridized carbons (Fsp3) is 0.111. The van der Waals surface area contributed by atoms with Gasteiger partial charge in [-0.15, -0.1) is 0 Å². The van der Waals surface area contributed by atoms with Crippen LogP contribution in [0.15, 0.2) is 34.6 Å². The van der Waals surface area contributed by atoms with Gasteiger partial charge in [-0.2, -0.15) is 0 Å². The van der Waals surface area contributed by atoms with Crippen molar-refractivity contribution in [3.63, 3.8) is 0 Å². The molecular weight excluding hydrogens is 168 g/mol. The summed E-state index contributed by atoms with van der Waals surface area (Å²) in [6.07, 6.45) is 1.07. The van der Waals surface area contributed by atoms with Crippen molar-refractivity contribution in [2.75, 3.05) is 0 Å². The summed E-state index contributed by atoms with van der Waals surface area (Å²) in [5.74, 6) is 0. The highest BCUT2D eigenvalue weighted by atomic mass is 16.4. The van der Waals surface area contributed by atoms with E-state index in [0.717, 1.165) is 11.8 Å². The van der Waals surface area contributed by atoms with E-state index in [4.69, 9.17) is 10.4 Å². The predicted octanol–water partition coefficient (Wildman–Crippen LogP) is 1.63. The van der Waals surface area contributed by atoms with Gasteiger partial charge in [-0.3, -0.25) is 0 Å². The van der Waals surface area contributed by atoms with Crippen LogP contribution in [0, 0.1) is 6.92 Å². The molecule has 0 saturated carbocycles. The minimum absolute atomic E-state index is 0.225. The van der Waals surface area contributed by atoms with Gasteiger partial charge in [-0.1, -0.05) is 40.1 Å². The third-order valence-corrected chi connectivity index (χ3v) is 1.64. The van der Waals surface area contributed by atoms with Crippen LogP contribution in [0.25, 0.3) is 0 Å². The molecule has 0 amide bonds. The molecule has 13 heavy (non-hydrogen) atoms. The highest BCUT2D eigenvalue weighted by Gasteiger charge is 1.99. The summed E-state index contributed by atoms with van der Waals surface area (Å²) < 4.78 is 0. The summed E-state index contributed by atoms with van der Waals surface area (Å²) in [5.41, 5.74) is 2.04. The van der Waals surface area contributed by atoms with Gasteiger partial charge in [-0.05, 0) is 6.92 Å². The average molecular weight is 178 g/mol. The van der Waals surface area contributed by atoms with Gasteiger partial charge >= 0.3 is 0 Å². The van der Waals surface area contributed by atoms with Gasteiger partial charge in [0.15, 0.2) is 0 Å². The molecule has 0 radical (unpaired) electrons. The van der Waals surface area contributed by atoms with Gasteiger partial charge in [0.1, 0.15) is 5.71 Å². The summed E-state index contributed by atoms with van der Waals surface area (Å²) in [6.45, 7) is 1.96. The van der Waals surface area contributed by atoms with E-state index in [-0.39, 0.29) is 5.71 Å². The first-order valence-corrected chi connectivity index (χ1v) is 3.74. The van der Waals surface area contributed by atoms with Crippen molar-refractivity contribution in [2.24, 2.45) is 10.3 Å². The lowest BCUT2D eigenvalue weighted by Gasteiger charge is -1.97. The third kappa shape index (κ3) is 2.30. The zero-order valence-electron chi connectivity index (χ0n) is 7.18. The number of oxime groups is 2. The van der Waals surface area contributed by atoms with Crippen molar-refractivity contribution >= 4 is 11.9 Å². The van der Waals surface area contributed by atoms with Crippen LogP contribution in [0.5, 0.6) is 0 Å². The molecule has 0 atom stereocenters. The van der Waals surface area contributed by atoms with Crippen molar-refractivity contribution in [1.29, 1.82) is 0 Å². The molecule has 1 aromatic rings. The van der Waals surface area contributed by atoms with E-state index in [1.54, 1.807) is 12.1 Å². The lowest BCUT2D eigenvalue weighted by Crippen LogP contribution is -2.02. The minimum atomic E-state index is 0.225. The predicted molar refractivity (Wildman–Crippen MR) is 49.8 cm³/mol. The second-order valence-corrected chi connectivity index (χ2v) is 2.60. The monoisotopic (exact) mass is 178 g/mol. The van der Waals surface area contributed by atoms with Crippen molar-refractivity contribution in [3.8, 4) is 0 Å². The first-order valence-electron chi connectivity index (χ1n) is 3.74. The van der Waals surface area contributed by atoms with Gasteiger partial charge in [0, 0.05) is 5.56 Å². The van der Waals surface area contributed by atoms with Gasteiger partial charge < -0.3 is 10.4 Å². The maximum atomic E-state index is 8.57. The molecule has 4 nitrogen and oxygen atoms in total. The molecule has 0 aromatic heterocycles. The molecule has 0 fully saturated rings. The van der Waals surface area contributed by atoms with Crippen molar-refractivity contribution < 1.29 is 10.4 Å². The van der Waals surface area contributed by atoms with Crippen LogP contribution in [0.4, 0.5) is 0 Å². The van der Waals surface area contributed by atoms with Crippen molar-refractivity contribution in [1.82, 2.24) is 0 Å². The summed E-state index contributed by atoms with van der Waals surface area (Å²) in [7, 11) is 0. The van der Waals surface area contributed by atoms with Crippen molar-refractivity contribution in [3.05, 3.63) is 35.4 Å². The smallest absolute Gasteiger partial charge is 0.131 e. The van der Waals surface area contributed by atoms with Crippen LogP contribution in [-0.4, -0.2) is 22.3 Å². The first kappa shape index (κ1) is 9.25. The second-order valence-electron chi connectivity index (χ2n) is 2.60. The minimum Gasteiger partial charge on any atom is -0.411 e. The molecule has 0 unspecified atom stereocenters. The molecule has 68 valence electrons. The van der Waals surface area contributed by atoms with Gasteiger partial charge in [0.2, 0.25) is 0 Å². The van der Waals surface area contributed by atoms with Crippen LogP contribution in [0.2, 0.25) is 0 Å². The van der Waals surface area contributed by atoms with Gasteiger partial charge in [0.25, 0.3) is 0 Å². The van der Waals surface area contributed by atoms with E-state index < -0.39 is 0 Å². The number of aryl methyl sites for hydroxylation is 1. The Kier molecular flexibility index (Phi) is 3.03. The van der Waals surface area contributed by atoms with E-state index in [0.29, 0.717) is 5.56 Å². The molecule has 0 aliphatic heterocycles. The number of hydrogen-bond donors (Lipinski definition) is 2. The van der Waals surface area contributed by atoms with Crippen LogP contribution < -0.4 is 0 Å². The Hall–Kier alpha value is -1.84. The zero-order valence-corrected chi connectivity index (χ0v) is 7.18. The fourth-order valence-electron chi connectivity index (χ4n) is 0.937. The summed E-state index contributed by atoms with van der Waals surface area (Å²) >= 11 is 0. The van der Waals surface area contributed by atoms with Gasteiger partial charge in [0.05, 0.1) is 6.21 Å². The first-order chi connectivity index (χ1) is 6.27. The third-order valence-electron chi connectivity index (χ3n) is 1.64. The van der Waals surface area contributed by atoms with E-state index in [2.05, 4.69) is 10.3 Å². The van der Waals surface area contributed by atoms with Crippen molar-refractivity contribution in [2.45, 2.75) is 6.92 Å². The summed E-state index contributed by atoms with van der Waals surface area (Å²) in [4.78, 5) is 0. The Morgan fingerprint density at radius 2 is 1.85 bits per heavy atom. The number of nitrogens with zero attached hydrogens (tertiary/aromatic N) is 2. The largest absolute Gasteiger partial charge is 0.411 e. The molecular formula is C9H10N2O2. The fourth-order valence-corrected chi connectivity index (χ4v) is 0.937. The molecule has 0 bridgehead atoms. The Morgan fingerprint density at radius 3 is 2.31 bits per heavy atom. The lowest BCUT2D eigenvalue weighted by molar-refractivity contribution is 0.316. The number of hydrogen-bond acceptors (Lipinski definition) is 4. The highest BCUT2D eigenvalue weighted by Crippen LogP contribution is 2.03. The average Bonchev–Trinajstić information content (AvgIpc) is 2.16. The quantitative estimate of drug-likeness (QED) is 0.410. The maximum Gasteiger partial charge on any atom is 0.131 e. The molecule has 0 aliphatic rings. The van der Waals surface area contributed by atoms with Crippen LogP contribution >= 0.6 is 0 Å². The topological polar surface area (TPSA) is 65.2 Å². The number of benzene rings is 1. The molecule has 0 spiro atoms. The highest BCUT2D eigenvalue weighted by molar-refractivity contribution is 6.37. The lowest BCUT2D eigenvalue weighted by atomic mass is 10.1. The van der Waals surface area contributed by atoms with Crippen LogP contribution in [-0.2, 0) is 0 Å². The molecule has 4 heteroatoms. The van der Waals surface area contributed by atoms with E-state index in [9.17, 15) is 0 Å². The zero-order chi connectivity index (χ0) is 9.68. The molecule has 0 saturated heterocycles. The van der Waals surface area contributed by atoms with Crippen LogP contribution in [0.1, 0.15) is 11.1 Å². The maximum absolute atomic E-state index is 8.57. The van der Waals surface area contributed by atoms with Gasteiger partial charge in [-0.25, -0.2) is 0 Å². The van der Waals surface area contributed by atoms with Crippen LogP contribution in [0.3, 0.4) is 0 Å². The summed E-state index contributed by atoms with van der Waals surface area (Å²) in [5, 5.41) is 22.6. The number of rotatable bonds is 2. The Labute approximate surface area is 75.8 Å². The van der Waals surface area contributed by atoms with E-state index in [1.165, 1.54) is 0 Å².